The number of amides is 2. The first-order valence-electron chi connectivity index (χ1n) is 6.46. The van der Waals surface area contributed by atoms with Crippen molar-refractivity contribution < 1.29 is 9.59 Å². The van der Waals surface area contributed by atoms with Crippen molar-refractivity contribution >= 4 is 34.5 Å². The highest BCUT2D eigenvalue weighted by atomic mass is 32.1. The van der Waals surface area contributed by atoms with Gasteiger partial charge < -0.3 is 10.6 Å². The number of carbonyl (C=O) groups is 2. The molecule has 1 aliphatic heterocycles. The van der Waals surface area contributed by atoms with E-state index < -0.39 is 0 Å². The van der Waals surface area contributed by atoms with Gasteiger partial charge in [-0.15, -0.1) is 11.3 Å². The van der Waals surface area contributed by atoms with Crippen LogP contribution in [0.2, 0.25) is 0 Å². The van der Waals surface area contributed by atoms with Crippen molar-refractivity contribution in [3.05, 3.63) is 46.2 Å². The Hall–Kier alpha value is -2.14. The van der Waals surface area contributed by atoms with Gasteiger partial charge in [-0.05, 0) is 41.6 Å². The lowest BCUT2D eigenvalue weighted by Gasteiger charge is -2.06. The van der Waals surface area contributed by atoms with Crippen LogP contribution in [-0.2, 0) is 22.4 Å². The summed E-state index contributed by atoms with van der Waals surface area (Å²) in [5.74, 6) is -0.00296. The van der Waals surface area contributed by atoms with Crippen LogP contribution in [0.1, 0.15) is 16.9 Å². The lowest BCUT2D eigenvalue weighted by molar-refractivity contribution is -0.116. The third-order valence-electron chi connectivity index (χ3n) is 3.19. The van der Waals surface area contributed by atoms with Crippen molar-refractivity contribution in [2.75, 3.05) is 10.6 Å². The highest BCUT2D eigenvalue weighted by Gasteiger charge is 2.17. The predicted octanol–water partition coefficient (Wildman–Crippen LogP) is 2.81. The maximum atomic E-state index is 11.9. The Balaban J connectivity index is 1.59. The highest BCUT2D eigenvalue weighted by Crippen LogP contribution is 2.26. The van der Waals surface area contributed by atoms with E-state index in [1.807, 2.05) is 35.7 Å². The minimum Gasteiger partial charge on any atom is -0.326 e. The predicted molar refractivity (Wildman–Crippen MR) is 80.0 cm³/mol. The number of benzene rings is 1. The standard InChI is InChI=1S/C15H14N2O2S/c18-14(6-4-12-2-1-7-20-12)16-11-3-5-13-10(8-11)9-15(19)17-13/h1-3,5,7-8H,4,6,9H2,(H,16,18)(H,17,19). The molecule has 0 saturated heterocycles. The summed E-state index contributed by atoms with van der Waals surface area (Å²) >= 11 is 1.66. The molecule has 2 amide bonds. The summed E-state index contributed by atoms with van der Waals surface area (Å²) < 4.78 is 0. The van der Waals surface area contributed by atoms with Crippen molar-refractivity contribution in [2.45, 2.75) is 19.3 Å². The Morgan fingerprint density at radius 3 is 3.05 bits per heavy atom. The second kappa shape index (κ2) is 5.46. The second-order valence-corrected chi connectivity index (χ2v) is 5.76. The molecule has 0 radical (unpaired) electrons. The number of rotatable bonds is 4. The molecule has 0 aliphatic carbocycles. The number of hydrogen-bond donors (Lipinski definition) is 2. The summed E-state index contributed by atoms with van der Waals surface area (Å²) in [6.07, 6.45) is 1.61. The fraction of sp³-hybridized carbons (Fsp3) is 0.200. The molecule has 2 heterocycles. The minimum absolute atomic E-state index is 0.00109. The zero-order valence-electron chi connectivity index (χ0n) is 10.8. The molecule has 1 aromatic carbocycles. The molecule has 1 aromatic heterocycles. The van der Waals surface area contributed by atoms with E-state index in [4.69, 9.17) is 0 Å². The van der Waals surface area contributed by atoms with E-state index in [-0.39, 0.29) is 11.8 Å². The fourth-order valence-corrected chi connectivity index (χ4v) is 2.93. The number of anilines is 2. The van der Waals surface area contributed by atoms with Crippen molar-refractivity contribution in [1.82, 2.24) is 0 Å². The molecular formula is C15H14N2O2S. The fourth-order valence-electron chi connectivity index (χ4n) is 2.22. The van der Waals surface area contributed by atoms with E-state index in [2.05, 4.69) is 10.6 Å². The van der Waals surface area contributed by atoms with Crippen molar-refractivity contribution in [3.8, 4) is 0 Å². The highest BCUT2D eigenvalue weighted by molar-refractivity contribution is 7.09. The first-order chi connectivity index (χ1) is 9.70. The topological polar surface area (TPSA) is 58.2 Å². The van der Waals surface area contributed by atoms with E-state index in [0.717, 1.165) is 23.4 Å². The summed E-state index contributed by atoms with van der Waals surface area (Å²) in [4.78, 5) is 24.4. The number of hydrogen-bond acceptors (Lipinski definition) is 3. The molecular weight excluding hydrogens is 272 g/mol. The molecule has 2 N–H and O–H groups in total. The molecule has 5 heteroatoms. The smallest absolute Gasteiger partial charge is 0.228 e. The van der Waals surface area contributed by atoms with Gasteiger partial charge in [-0.1, -0.05) is 6.07 Å². The van der Waals surface area contributed by atoms with Crippen LogP contribution in [0.4, 0.5) is 11.4 Å². The van der Waals surface area contributed by atoms with Crippen molar-refractivity contribution in [1.29, 1.82) is 0 Å². The van der Waals surface area contributed by atoms with Gasteiger partial charge >= 0.3 is 0 Å². The van der Waals surface area contributed by atoms with Gasteiger partial charge in [0.25, 0.3) is 0 Å². The second-order valence-electron chi connectivity index (χ2n) is 4.72. The maximum Gasteiger partial charge on any atom is 0.228 e. The first kappa shape index (κ1) is 12.9. The Morgan fingerprint density at radius 2 is 2.25 bits per heavy atom. The Morgan fingerprint density at radius 1 is 1.35 bits per heavy atom. The van der Waals surface area contributed by atoms with Crippen LogP contribution in [0, 0.1) is 0 Å². The van der Waals surface area contributed by atoms with Crippen molar-refractivity contribution in [3.63, 3.8) is 0 Å². The molecule has 3 rings (SSSR count). The molecule has 1 aliphatic rings. The molecule has 0 unspecified atom stereocenters. The van der Waals surface area contributed by atoms with Gasteiger partial charge in [0.05, 0.1) is 6.42 Å². The SMILES string of the molecule is O=C(CCc1cccs1)Nc1ccc2c(c1)CC(=O)N2. The van der Waals surface area contributed by atoms with E-state index in [9.17, 15) is 9.59 Å². The van der Waals surface area contributed by atoms with Gasteiger partial charge in [0.1, 0.15) is 0 Å². The molecule has 4 nitrogen and oxygen atoms in total. The molecule has 102 valence electrons. The average Bonchev–Trinajstić information content (AvgIpc) is 3.04. The summed E-state index contributed by atoms with van der Waals surface area (Å²) in [6.45, 7) is 0. The van der Waals surface area contributed by atoms with Gasteiger partial charge in [0.15, 0.2) is 0 Å². The van der Waals surface area contributed by atoms with Gasteiger partial charge in [-0.25, -0.2) is 0 Å². The lowest BCUT2D eigenvalue weighted by atomic mass is 10.1. The van der Waals surface area contributed by atoms with Gasteiger partial charge in [0.2, 0.25) is 11.8 Å². The first-order valence-corrected chi connectivity index (χ1v) is 7.34. The van der Waals surface area contributed by atoms with Crippen LogP contribution in [0.3, 0.4) is 0 Å². The van der Waals surface area contributed by atoms with Crippen molar-refractivity contribution in [2.24, 2.45) is 0 Å². The Labute approximate surface area is 120 Å². The molecule has 0 fully saturated rings. The summed E-state index contributed by atoms with van der Waals surface area (Å²) in [5, 5.41) is 7.66. The van der Waals surface area contributed by atoms with E-state index in [0.29, 0.717) is 12.8 Å². The number of nitrogens with one attached hydrogen (secondary N) is 2. The number of thiophene rings is 1. The molecule has 20 heavy (non-hydrogen) atoms. The summed E-state index contributed by atoms with van der Waals surface area (Å²) in [6, 6.07) is 9.52. The zero-order chi connectivity index (χ0) is 13.9. The number of fused-ring (bicyclic) bond motifs is 1. The molecule has 0 atom stereocenters. The van der Waals surface area contributed by atoms with Gasteiger partial charge in [-0.3, -0.25) is 9.59 Å². The Kier molecular flexibility index (Phi) is 3.52. The molecule has 0 saturated carbocycles. The number of carbonyl (C=O) groups excluding carboxylic acids is 2. The third kappa shape index (κ3) is 2.88. The average molecular weight is 286 g/mol. The lowest BCUT2D eigenvalue weighted by Crippen LogP contribution is -2.12. The van der Waals surface area contributed by atoms with Crippen LogP contribution >= 0.6 is 11.3 Å². The van der Waals surface area contributed by atoms with Gasteiger partial charge in [-0.2, -0.15) is 0 Å². The third-order valence-corrected chi connectivity index (χ3v) is 4.13. The minimum atomic E-state index is -0.00404. The summed E-state index contributed by atoms with van der Waals surface area (Å²) in [5.41, 5.74) is 2.52. The van der Waals surface area contributed by atoms with E-state index in [1.54, 1.807) is 11.3 Å². The zero-order valence-corrected chi connectivity index (χ0v) is 11.6. The monoisotopic (exact) mass is 286 g/mol. The van der Waals surface area contributed by atoms with Crippen LogP contribution in [0.25, 0.3) is 0 Å². The largest absolute Gasteiger partial charge is 0.326 e. The van der Waals surface area contributed by atoms with Crippen LogP contribution in [0.5, 0.6) is 0 Å². The molecule has 0 spiro atoms. The van der Waals surface area contributed by atoms with E-state index in [1.165, 1.54) is 4.88 Å². The quantitative estimate of drug-likeness (QED) is 0.908. The summed E-state index contributed by atoms with van der Waals surface area (Å²) in [7, 11) is 0. The van der Waals surface area contributed by atoms with E-state index >= 15 is 0 Å². The Bertz CT molecular complexity index is 650. The van der Waals surface area contributed by atoms with Gasteiger partial charge in [0, 0.05) is 22.7 Å². The molecule has 2 aromatic rings. The number of aryl methyl sites for hydroxylation is 1. The maximum absolute atomic E-state index is 11.9. The normalized spacial score (nSPS) is 12.9. The van der Waals surface area contributed by atoms with Crippen LogP contribution in [-0.4, -0.2) is 11.8 Å². The molecule has 0 bridgehead atoms. The van der Waals surface area contributed by atoms with Crippen LogP contribution < -0.4 is 10.6 Å². The van der Waals surface area contributed by atoms with Crippen LogP contribution in [0.15, 0.2) is 35.7 Å².